The summed E-state index contributed by atoms with van der Waals surface area (Å²) in [6.07, 6.45) is 2.67. The molecule has 0 bridgehead atoms. The first-order chi connectivity index (χ1) is 8.91. The fourth-order valence-corrected chi connectivity index (χ4v) is 1.75. The number of aliphatic carboxylic acids is 2. The van der Waals surface area contributed by atoms with Crippen molar-refractivity contribution in [2.75, 3.05) is 0 Å². The lowest BCUT2D eigenvalue weighted by Crippen LogP contribution is -2.13. The molecule has 0 fully saturated rings. The predicted molar refractivity (Wildman–Crippen MR) is 64.5 cm³/mol. The van der Waals surface area contributed by atoms with Crippen molar-refractivity contribution < 1.29 is 29.4 Å². The molecule has 0 aromatic rings. The van der Waals surface area contributed by atoms with Gasteiger partial charge in [-0.3, -0.25) is 19.2 Å². The van der Waals surface area contributed by atoms with Gasteiger partial charge in [-0.05, 0) is 6.42 Å². The van der Waals surface area contributed by atoms with Gasteiger partial charge in [0.1, 0.15) is 0 Å². The third-order valence-corrected chi connectivity index (χ3v) is 2.67. The van der Waals surface area contributed by atoms with Gasteiger partial charge in [0.05, 0.1) is 12.8 Å². The van der Waals surface area contributed by atoms with Crippen LogP contribution in [-0.4, -0.2) is 33.7 Å². The van der Waals surface area contributed by atoms with E-state index in [1.54, 1.807) is 12.2 Å². The highest BCUT2D eigenvalue weighted by atomic mass is 16.4. The van der Waals surface area contributed by atoms with E-state index in [-0.39, 0.29) is 36.8 Å². The van der Waals surface area contributed by atoms with Gasteiger partial charge in [-0.2, -0.15) is 0 Å². The SMILES string of the molecule is O=C(O)CCC(=O)C1=CCC=C1C(=O)CCC(=O)O. The van der Waals surface area contributed by atoms with Crippen molar-refractivity contribution in [1.29, 1.82) is 0 Å². The van der Waals surface area contributed by atoms with Crippen LogP contribution in [0.15, 0.2) is 23.3 Å². The molecule has 102 valence electrons. The normalized spacial score (nSPS) is 13.7. The number of Topliss-reactive ketones (excluding diaryl/α,β-unsaturated/α-hetero) is 2. The number of carboxylic acids is 2. The van der Waals surface area contributed by atoms with E-state index in [4.69, 9.17) is 10.2 Å². The second-order valence-electron chi connectivity index (χ2n) is 4.11. The van der Waals surface area contributed by atoms with Gasteiger partial charge in [0.25, 0.3) is 0 Å². The molecule has 0 spiro atoms. The van der Waals surface area contributed by atoms with Gasteiger partial charge in [-0.25, -0.2) is 0 Å². The zero-order valence-corrected chi connectivity index (χ0v) is 10.2. The Morgan fingerprint density at radius 1 is 0.789 bits per heavy atom. The van der Waals surface area contributed by atoms with Gasteiger partial charge in [0.2, 0.25) is 0 Å². The lowest BCUT2D eigenvalue weighted by atomic mass is 9.96. The molecule has 2 N–H and O–H groups in total. The van der Waals surface area contributed by atoms with E-state index in [9.17, 15) is 19.2 Å². The van der Waals surface area contributed by atoms with Gasteiger partial charge >= 0.3 is 11.9 Å². The van der Waals surface area contributed by atoms with Crippen LogP contribution >= 0.6 is 0 Å². The molecule has 0 saturated carbocycles. The molecular formula is C13H14O6. The number of carbonyl (C=O) groups excluding carboxylic acids is 2. The number of hydrogen-bond donors (Lipinski definition) is 2. The molecule has 19 heavy (non-hydrogen) atoms. The van der Waals surface area contributed by atoms with Gasteiger partial charge < -0.3 is 10.2 Å². The van der Waals surface area contributed by atoms with Crippen LogP contribution in [-0.2, 0) is 19.2 Å². The van der Waals surface area contributed by atoms with Crippen LogP contribution in [0.25, 0.3) is 0 Å². The van der Waals surface area contributed by atoms with Crippen LogP contribution in [0.1, 0.15) is 32.1 Å². The Bertz CT molecular complexity index is 439. The molecule has 1 aliphatic rings. The highest BCUT2D eigenvalue weighted by molar-refractivity contribution is 6.13. The summed E-state index contributed by atoms with van der Waals surface area (Å²) in [5, 5.41) is 17.0. The molecule has 0 atom stereocenters. The molecule has 0 saturated heterocycles. The smallest absolute Gasteiger partial charge is 0.303 e. The van der Waals surface area contributed by atoms with Crippen LogP contribution < -0.4 is 0 Å². The standard InChI is InChI=1S/C13H14O6/c14-10(4-6-12(16)17)8-2-1-3-9(8)11(15)5-7-13(18)19/h2-3H,1,4-7H2,(H,16,17)(H,18,19). The maximum atomic E-state index is 11.8. The Morgan fingerprint density at radius 2 is 1.16 bits per heavy atom. The van der Waals surface area contributed by atoms with Crippen molar-refractivity contribution in [3.63, 3.8) is 0 Å². The number of hydrogen-bond acceptors (Lipinski definition) is 4. The minimum absolute atomic E-state index is 0.162. The fraction of sp³-hybridized carbons (Fsp3) is 0.385. The van der Waals surface area contributed by atoms with E-state index in [1.165, 1.54) is 0 Å². The summed E-state index contributed by atoms with van der Waals surface area (Å²) in [5.41, 5.74) is 0.438. The van der Waals surface area contributed by atoms with E-state index in [0.717, 1.165) is 0 Å². The van der Waals surface area contributed by atoms with Crippen molar-refractivity contribution in [2.24, 2.45) is 0 Å². The van der Waals surface area contributed by atoms with E-state index in [0.29, 0.717) is 6.42 Å². The lowest BCUT2D eigenvalue weighted by molar-refractivity contribution is -0.139. The second kappa shape index (κ2) is 6.63. The first-order valence-electron chi connectivity index (χ1n) is 5.82. The summed E-state index contributed by atoms with van der Waals surface area (Å²) in [7, 11) is 0. The highest BCUT2D eigenvalue weighted by Crippen LogP contribution is 2.24. The first kappa shape index (κ1) is 14.8. The number of ketones is 2. The highest BCUT2D eigenvalue weighted by Gasteiger charge is 2.23. The van der Waals surface area contributed by atoms with Crippen molar-refractivity contribution in [2.45, 2.75) is 32.1 Å². The van der Waals surface area contributed by atoms with Gasteiger partial charge in [0, 0.05) is 24.0 Å². The van der Waals surface area contributed by atoms with E-state index in [1.807, 2.05) is 0 Å². The zero-order valence-electron chi connectivity index (χ0n) is 10.2. The molecule has 0 aromatic heterocycles. The first-order valence-corrected chi connectivity index (χ1v) is 5.82. The Labute approximate surface area is 109 Å². The number of carbonyl (C=O) groups is 4. The van der Waals surface area contributed by atoms with E-state index in [2.05, 4.69) is 0 Å². The van der Waals surface area contributed by atoms with E-state index < -0.39 is 23.5 Å². The summed E-state index contributed by atoms with van der Waals surface area (Å²) in [6.45, 7) is 0. The number of rotatable bonds is 8. The largest absolute Gasteiger partial charge is 0.481 e. The van der Waals surface area contributed by atoms with Crippen LogP contribution in [0.5, 0.6) is 0 Å². The molecule has 0 heterocycles. The van der Waals surface area contributed by atoms with Crippen LogP contribution in [0.3, 0.4) is 0 Å². The average Bonchev–Trinajstić information content (AvgIpc) is 2.82. The summed E-state index contributed by atoms with van der Waals surface area (Å²) < 4.78 is 0. The Morgan fingerprint density at radius 3 is 1.47 bits per heavy atom. The van der Waals surface area contributed by atoms with Crippen LogP contribution in [0.4, 0.5) is 0 Å². The minimum Gasteiger partial charge on any atom is -0.481 e. The molecule has 1 aliphatic carbocycles. The molecule has 0 aromatic carbocycles. The molecule has 6 heteroatoms. The molecule has 1 rings (SSSR count). The van der Waals surface area contributed by atoms with Crippen molar-refractivity contribution >= 4 is 23.5 Å². The Balaban J connectivity index is 2.63. The van der Waals surface area contributed by atoms with E-state index >= 15 is 0 Å². The zero-order chi connectivity index (χ0) is 14.4. The molecule has 6 nitrogen and oxygen atoms in total. The maximum Gasteiger partial charge on any atom is 0.303 e. The number of allylic oxidation sites excluding steroid dienone is 4. The summed E-state index contributed by atoms with van der Waals surface area (Å²) >= 11 is 0. The van der Waals surface area contributed by atoms with Gasteiger partial charge in [0.15, 0.2) is 11.6 Å². The minimum atomic E-state index is -1.07. The van der Waals surface area contributed by atoms with Crippen molar-refractivity contribution in [3.8, 4) is 0 Å². The predicted octanol–water partition coefficient (Wildman–Crippen LogP) is 1.11. The third-order valence-electron chi connectivity index (χ3n) is 2.67. The fourth-order valence-electron chi connectivity index (χ4n) is 1.75. The lowest BCUT2D eigenvalue weighted by Gasteiger charge is -2.05. The third kappa shape index (κ3) is 4.50. The Hall–Kier alpha value is -2.24. The topological polar surface area (TPSA) is 109 Å². The van der Waals surface area contributed by atoms with Crippen molar-refractivity contribution in [3.05, 3.63) is 23.3 Å². The molecule has 0 aliphatic heterocycles. The van der Waals surface area contributed by atoms with Crippen molar-refractivity contribution in [1.82, 2.24) is 0 Å². The summed E-state index contributed by atoms with van der Waals surface area (Å²) in [5.74, 6) is -2.94. The van der Waals surface area contributed by atoms with Crippen LogP contribution in [0, 0.1) is 0 Å². The van der Waals surface area contributed by atoms with Gasteiger partial charge in [-0.15, -0.1) is 0 Å². The molecule has 0 unspecified atom stereocenters. The Kier molecular flexibility index (Phi) is 5.17. The summed E-state index contributed by atoms with van der Waals surface area (Å²) in [6, 6.07) is 0. The maximum absolute atomic E-state index is 11.8. The molecule has 0 radical (unpaired) electrons. The average molecular weight is 266 g/mol. The van der Waals surface area contributed by atoms with Gasteiger partial charge in [-0.1, -0.05) is 12.2 Å². The monoisotopic (exact) mass is 266 g/mol. The van der Waals surface area contributed by atoms with Crippen LogP contribution in [0.2, 0.25) is 0 Å². The second-order valence-corrected chi connectivity index (χ2v) is 4.11. The molecule has 0 amide bonds. The molecular weight excluding hydrogens is 252 g/mol. The summed E-state index contributed by atoms with van der Waals surface area (Å²) in [4.78, 5) is 44.3. The quantitative estimate of drug-likeness (QED) is 0.681. The number of carboxylic acid groups (broad SMARTS) is 2.